The number of carbonyl (C=O) groups is 2. The third kappa shape index (κ3) is 7.22. The van der Waals surface area contributed by atoms with Crippen molar-refractivity contribution in [3.63, 3.8) is 0 Å². The van der Waals surface area contributed by atoms with E-state index in [2.05, 4.69) is 20.7 Å². The number of nitrogens with one attached hydrogen (secondary N) is 1. The van der Waals surface area contributed by atoms with Gasteiger partial charge in [-0.25, -0.2) is 5.43 Å². The largest absolute Gasteiger partial charge is 0.497 e. The van der Waals surface area contributed by atoms with Crippen LogP contribution in [0.5, 0.6) is 23.0 Å². The molecule has 0 spiro atoms. The number of thioether (sulfide) groups is 1. The topological polar surface area (TPSA) is 126 Å². The first-order valence-electron chi connectivity index (χ1n) is 12.4. The van der Waals surface area contributed by atoms with Crippen molar-refractivity contribution in [3.8, 4) is 40.1 Å². The molecule has 4 rings (SSSR count). The highest BCUT2D eigenvalue weighted by Gasteiger charge is 2.18. The molecule has 41 heavy (non-hydrogen) atoms. The van der Waals surface area contributed by atoms with E-state index in [4.69, 9.17) is 18.9 Å². The van der Waals surface area contributed by atoms with Crippen LogP contribution in [0.15, 0.2) is 70.9 Å². The van der Waals surface area contributed by atoms with Gasteiger partial charge in [-0.3, -0.25) is 14.2 Å². The summed E-state index contributed by atoms with van der Waals surface area (Å²) in [7, 11) is 4.49. The van der Waals surface area contributed by atoms with Crippen LogP contribution in [0.25, 0.3) is 17.1 Å². The molecule has 11 nitrogen and oxygen atoms in total. The predicted octanol–water partition coefficient (Wildman–Crippen LogP) is 4.44. The second-order valence-corrected chi connectivity index (χ2v) is 9.58. The van der Waals surface area contributed by atoms with Gasteiger partial charge in [0.2, 0.25) is 5.75 Å². The summed E-state index contributed by atoms with van der Waals surface area (Å²) in [6.45, 7) is 3.30. The molecule has 0 saturated heterocycles. The number of ether oxygens (including phenoxy) is 4. The summed E-state index contributed by atoms with van der Waals surface area (Å²) in [5, 5.41) is 13.4. The van der Waals surface area contributed by atoms with Crippen molar-refractivity contribution in [2.24, 2.45) is 5.10 Å². The molecular weight excluding hydrogens is 546 g/mol. The maximum absolute atomic E-state index is 12.6. The van der Waals surface area contributed by atoms with Gasteiger partial charge in [-0.05, 0) is 43.3 Å². The summed E-state index contributed by atoms with van der Waals surface area (Å²) in [5.41, 5.74) is 5.92. The fourth-order valence-electron chi connectivity index (χ4n) is 3.78. The van der Waals surface area contributed by atoms with Gasteiger partial charge in [0.1, 0.15) is 5.75 Å². The van der Waals surface area contributed by atoms with Gasteiger partial charge in [-0.2, -0.15) is 5.10 Å². The molecule has 0 unspecified atom stereocenters. The lowest BCUT2D eigenvalue weighted by Gasteiger charge is -2.13. The second kappa shape index (κ2) is 13.5. The minimum atomic E-state index is -0.512. The van der Waals surface area contributed by atoms with Crippen molar-refractivity contribution in [2.45, 2.75) is 19.0 Å². The van der Waals surface area contributed by atoms with E-state index < -0.39 is 5.97 Å². The Hall–Kier alpha value is -4.84. The molecule has 0 radical (unpaired) electrons. The molecular formula is C29H29N5O6S. The molecule has 0 aliphatic rings. The number of aromatic nitrogens is 3. The van der Waals surface area contributed by atoms with Crippen molar-refractivity contribution in [2.75, 3.05) is 27.1 Å². The number of benzene rings is 3. The number of rotatable bonds is 11. The van der Waals surface area contributed by atoms with E-state index in [9.17, 15) is 9.59 Å². The van der Waals surface area contributed by atoms with E-state index in [1.807, 2.05) is 60.0 Å². The summed E-state index contributed by atoms with van der Waals surface area (Å²) in [4.78, 5) is 24.1. The molecule has 1 aromatic heterocycles. The zero-order valence-electron chi connectivity index (χ0n) is 23.2. The summed E-state index contributed by atoms with van der Waals surface area (Å²) in [6.07, 6.45) is 1.43. The first kappa shape index (κ1) is 29.2. The van der Waals surface area contributed by atoms with Crippen LogP contribution in [0, 0.1) is 6.92 Å². The van der Waals surface area contributed by atoms with E-state index in [0.29, 0.717) is 16.5 Å². The van der Waals surface area contributed by atoms with Crippen LogP contribution in [0.4, 0.5) is 0 Å². The number of esters is 1. The highest BCUT2D eigenvalue weighted by Crippen LogP contribution is 2.38. The number of nitrogens with zero attached hydrogens (tertiary/aromatic N) is 4. The van der Waals surface area contributed by atoms with E-state index in [0.717, 1.165) is 22.6 Å². The number of methoxy groups -OCH3 is 3. The SMILES string of the molecule is COc1ccc(-n2c(SCC(=O)N/N=C/c3cc(OC)c(OC(C)=O)c(OC)c3)nnc2-c2ccc(C)cc2)cc1. The third-order valence-electron chi connectivity index (χ3n) is 5.74. The first-order valence-corrected chi connectivity index (χ1v) is 13.4. The summed E-state index contributed by atoms with van der Waals surface area (Å²) in [6, 6.07) is 18.7. The number of amides is 1. The maximum atomic E-state index is 12.6. The lowest BCUT2D eigenvalue weighted by atomic mass is 10.1. The summed E-state index contributed by atoms with van der Waals surface area (Å²) < 4.78 is 23.0. The molecule has 12 heteroatoms. The summed E-state index contributed by atoms with van der Waals surface area (Å²) in [5.74, 6) is 1.28. The number of carbonyl (C=O) groups excluding carboxylic acids is 2. The first-order chi connectivity index (χ1) is 19.8. The van der Waals surface area contributed by atoms with Gasteiger partial charge in [0.05, 0.1) is 33.3 Å². The van der Waals surface area contributed by atoms with Gasteiger partial charge in [-0.1, -0.05) is 41.6 Å². The van der Waals surface area contributed by atoms with E-state index in [1.165, 1.54) is 39.1 Å². The normalized spacial score (nSPS) is 10.9. The Balaban J connectivity index is 1.49. The lowest BCUT2D eigenvalue weighted by Crippen LogP contribution is -2.20. The molecule has 1 heterocycles. The van der Waals surface area contributed by atoms with Gasteiger partial charge >= 0.3 is 5.97 Å². The Morgan fingerprint density at radius 1 is 0.951 bits per heavy atom. The molecule has 3 aromatic carbocycles. The molecule has 4 aromatic rings. The van der Waals surface area contributed by atoms with Crippen LogP contribution in [0.3, 0.4) is 0 Å². The van der Waals surface area contributed by atoms with Gasteiger partial charge in [-0.15, -0.1) is 10.2 Å². The minimum absolute atomic E-state index is 0.0392. The molecule has 0 atom stereocenters. The average molecular weight is 576 g/mol. The fraction of sp³-hybridized carbons (Fsp3) is 0.207. The highest BCUT2D eigenvalue weighted by atomic mass is 32.2. The quantitative estimate of drug-likeness (QED) is 0.0908. The van der Waals surface area contributed by atoms with Gasteiger partial charge in [0.25, 0.3) is 5.91 Å². The molecule has 0 aliphatic heterocycles. The van der Waals surface area contributed by atoms with E-state index in [-0.39, 0.29) is 28.9 Å². The monoisotopic (exact) mass is 575 g/mol. The fourth-order valence-corrected chi connectivity index (χ4v) is 4.52. The molecule has 212 valence electrons. The molecule has 1 amide bonds. The Kier molecular flexibility index (Phi) is 9.59. The zero-order valence-corrected chi connectivity index (χ0v) is 24.0. The van der Waals surface area contributed by atoms with Crippen molar-refractivity contribution in [1.29, 1.82) is 0 Å². The van der Waals surface area contributed by atoms with Crippen LogP contribution < -0.4 is 24.4 Å². The third-order valence-corrected chi connectivity index (χ3v) is 6.67. The molecule has 1 N–H and O–H groups in total. The zero-order chi connectivity index (χ0) is 29.4. The predicted molar refractivity (Wildman–Crippen MR) is 155 cm³/mol. The molecule has 0 aliphatic carbocycles. The van der Waals surface area contributed by atoms with Crippen molar-refractivity contribution in [3.05, 3.63) is 71.8 Å². The Morgan fingerprint density at radius 2 is 1.61 bits per heavy atom. The number of hydrazone groups is 1. The van der Waals surface area contributed by atoms with Gasteiger partial charge in [0, 0.05) is 23.7 Å². The number of hydrogen-bond donors (Lipinski definition) is 1. The van der Waals surface area contributed by atoms with Crippen molar-refractivity contribution in [1.82, 2.24) is 20.2 Å². The van der Waals surface area contributed by atoms with Gasteiger partial charge in [0.15, 0.2) is 22.5 Å². The second-order valence-electron chi connectivity index (χ2n) is 8.64. The molecule has 0 bridgehead atoms. The average Bonchev–Trinajstić information content (AvgIpc) is 3.40. The summed E-state index contributed by atoms with van der Waals surface area (Å²) >= 11 is 1.23. The molecule has 0 saturated carbocycles. The smallest absolute Gasteiger partial charge is 0.308 e. The van der Waals surface area contributed by atoms with E-state index in [1.54, 1.807) is 19.2 Å². The van der Waals surface area contributed by atoms with Crippen LogP contribution in [0.2, 0.25) is 0 Å². The minimum Gasteiger partial charge on any atom is -0.497 e. The van der Waals surface area contributed by atoms with Crippen LogP contribution in [-0.4, -0.2) is 59.9 Å². The van der Waals surface area contributed by atoms with Gasteiger partial charge < -0.3 is 18.9 Å². The lowest BCUT2D eigenvalue weighted by molar-refractivity contribution is -0.132. The Labute approximate surface area is 241 Å². The van der Waals surface area contributed by atoms with Crippen LogP contribution in [0.1, 0.15) is 18.1 Å². The Morgan fingerprint density at radius 3 is 2.20 bits per heavy atom. The number of hydrogen-bond acceptors (Lipinski definition) is 10. The standard InChI is InChI=1S/C29H29N5O6S/c1-18-6-8-21(9-7-18)28-32-33-29(34(28)22-10-12-23(37-3)13-11-22)41-17-26(36)31-30-16-20-14-24(38-4)27(40-19(2)35)25(15-20)39-5/h6-16H,17H2,1-5H3,(H,31,36)/b30-16+. The van der Waals surface area contributed by atoms with Crippen molar-refractivity contribution < 1.29 is 28.5 Å². The molecule has 0 fully saturated rings. The maximum Gasteiger partial charge on any atom is 0.308 e. The Bertz CT molecular complexity index is 1530. The van der Waals surface area contributed by atoms with Crippen LogP contribution >= 0.6 is 11.8 Å². The highest BCUT2D eigenvalue weighted by molar-refractivity contribution is 7.99. The van der Waals surface area contributed by atoms with E-state index >= 15 is 0 Å². The van der Waals surface area contributed by atoms with Crippen LogP contribution in [-0.2, 0) is 9.59 Å². The number of aryl methyl sites for hydroxylation is 1. The van der Waals surface area contributed by atoms with Crippen molar-refractivity contribution >= 4 is 29.9 Å².